The first kappa shape index (κ1) is 22.4. The van der Waals surface area contributed by atoms with Gasteiger partial charge in [-0.1, -0.05) is 41.4 Å². The molecular weight excluding hydrogens is 427 g/mol. The van der Waals surface area contributed by atoms with E-state index in [0.29, 0.717) is 12.6 Å². The van der Waals surface area contributed by atoms with Crippen molar-refractivity contribution >= 4 is 35.1 Å². The predicted molar refractivity (Wildman–Crippen MR) is 117 cm³/mol. The maximum absolute atomic E-state index is 12.5. The summed E-state index contributed by atoms with van der Waals surface area (Å²) in [5.41, 5.74) is 0.825. The smallest absolute Gasteiger partial charge is 0.326 e. The van der Waals surface area contributed by atoms with Gasteiger partial charge in [0.2, 0.25) is 0 Å². The SMILES string of the molecule is CN1CCC[C@H]1COc1ccc(C[C@H](NC(=O)c2c(Cl)cccc2Cl)C(=O)O)cc1. The molecule has 2 aromatic rings. The van der Waals surface area contributed by atoms with Gasteiger partial charge in [0, 0.05) is 12.5 Å². The minimum atomic E-state index is -1.14. The number of halogens is 2. The molecular formula is C22H24Cl2N2O4. The van der Waals surface area contributed by atoms with Gasteiger partial charge >= 0.3 is 5.97 Å². The van der Waals surface area contributed by atoms with E-state index in [1.807, 2.05) is 12.1 Å². The van der Waals surface area contributed by atoms with Crippen molar-refractivity contribution < 1.29 is 19.4 Å². The number of likely N-dealkylation sites (tertiary alicyclic amines) is 1. The fourth-order valence-electron chi connectivity index (χ4n) is 3.48. The molecule has 3 rings (SSSR count). The molecule has 8 heteroatoms. The summed E-state index contributed by atoms with van der Waals surface area (Å²) in [7, 11) is 2.10. The van der Waals surface area contributed by atoms with Gasteiger partial charge in [0.05, 0.1) is 15.6 Å². The van der Waals surface area contributed by atoms with Crippen molar-refractivity contribution in [3.8, 4) is 5.75 Å². The number of rotatable bonds is 8. The molecule has 2 aromatic carbocycles. The second-order valence-corrected chi connectivity index (χ2v) is 8.21. The second kappa shape index (κ2) is 10.2. The lowest BCUT2D eigenvalue weighted by molar-refractivity contribution is -0.139. The van der Waals surface area contributed by atoms with E-state index in [1.54, 1.807) is 18.2 Å². The number of likely N-dealkylation sites (N-methyl/N-ethyl adjacent to an activating group) is 1. The van der Waals surface area contributed by atoms with Crippen molar-refractivity contribution in [1.29, 1.82) is 0 Å². The van der Waals surface area contributed by atoms with Gasteiger partial charge in [0.1, 0.15) is 18.4 Å². The van der Waals surface area contributed by atoms with Crippen LogP contribution >= 0.6 is 23.2 Å². The van der Waals surface area contributed by atoms with Gasteiger partial charge in [-0.2, -0.15) is 0 Å². The minimum absolute atomic E-state index is 0.0627. The van der Waals surface area contributed by atoms with Gasteiger partial charge in [0.15, 0.2) is 0 Å². The number of amides is 1. The van der Waals surface area contributed by atoms with Crippen LogP contribution in [-0.4, -0.2) is 54.2 Å². The van der Waals surface area contributed by atoms with E-state index in [2.05, 4.69) is 17.3 Å². The first-order valence-electron chi connectivity index (χ1n) is 9.75. The molecule has 0 aliphatic carbocycles. The Balaban J connectivity index is 1.61. The summed E-state index contributed by atoms with van der Waals surface area (Å²) >= 11 is 12.1. The summed E-state index contributed by atoms with van der Waals surface area (Å²) in [5, 5.41) is 12.4. The van der Waals surface area contributed by atoms with E-state index in [0.717, 1.165) is 24.3 Å². The second-order valence-electron chi connectivity index (χ2n) is 7.40. The maximum atomic E-state index is 12.5. The fourth-order valence-corrected chi connectivity index (χ4v) is 4.05. The van der Waals surface area contributed by atoms with Crippen molar-refractivity contribution in [1.82, 2.24) is 10.2 Å². The molecule has 0 radical (unpaired) electrons. The third-order valence-electron chi connectivity index (χ3n) is 5.27. The topological polar surface area (TPSA) is 78.9 Å². The summed E-state index contributed by atoms with van der Waals surface area (Å²) < 4.78 is 5.86. The fraction of sp³-hybridized carbons (Fsp3) is 0.364. The number of carbonyl (C=O) groups excluding carboxylic acids is 1. The molecule has 0 unspecified atom stereocenters. The van der Waals surface area contributed by atoms with Gasteiger partial charge in [-0.15, -0.1) is 0 Å². The standard InChI is InChI=1S/C22H24Cl2N2O4/c1-26-11-3-4-15(26)13-30-16-9-7-14(8-10-16)12-19(22(28)29)25-21(27)20-17(23)5-2-6-18(20)24/h2,5-10,15,19H,3-4,11-13H2,1H3,(H,25,27)(H,28,29)/t15-,19-/m0/s1. The molecule has 0 aromatic heterocycles. The Labute approximate surface area is 185 Å². The molecule has 1 aliphatic rings. The van der Waals surface area contributed by atoms with Gasteiger partial charge in [-0.05, 0) is 56.3 Å². The molecule has 1 fully saturated rings. The molecule has 2 atom stereocenters. The van der Waals surface area contributed by atoms with Crippen LogP contribution in [0.25, 0.3) is 0 Å². The third kappa shape index (κ3) is 5.65. The lowest BCUT2D eigenvalue weighted by Gasteiger charge is -2.20. The quantitative estimate of drug-likeness (QED) is 0.637. The number of carboxylic acids is 1. The Morgan fingerprint density at radius 2 is 1.87 bits per heavy atom. The summed E-state index contributed by atoms with van der Waals surface area (Å²) in [6, 6.07) is 11.2. The van der Waals surface area contributed by atoms with Crippen LogP contribution in [0, 0.1) is 0 Å². The van der Waals surface area contributed by atoms with E-state index in [-0.39, 0.29) is 22.0 Å². The van der Waals surface area contributed by atoms with Crippen LogP contribution in [0.4, 0.5) is 0 Å². The van der Waals surface area contributed by atoms with E-state index in [9.17, 15) is 14.7 Å². The lowest BCUT2D eigenvalue weighted by Crippen LogP contribution is -2.42. The molecule has 2 N–H and O–H groups in total. The Hall–Kier alpha value is -2.28. The van der Waals surface area contributed by atoms with E-state index < -0.39 is 17.9 Å². The Kier molecular flexibility index (Phi) is 7.58. The molecule has 1 saturated heterocycles. The minimum Gasteiger partial charge on any atom is -0.492 e. The van der Waals surface area contributed by atoms with E-state index >= 15 is 0 Å². The van der Waals surface area contributed by atoms with Gasteiger partial charge in [0.25, 0.3) is 5.91 Å². The average Bonchev–Trinajstić information content (AvgIpc) is 3.11. The normalized spacial score (nSPS) is 17.5. The van der Waals surface area contributed by atoms with Crippen LogP contribution in [0.2, 0.25) is 10.0 Å². The Morgan fingerprint density at radius 1 is 1.20 bits per heavy atom. The number of hydrogen-bond donors (Lipinski definition) is 2. The molecule has 0 spiro atoms. The first-order chi connectivity index (χ1) is 14.3. The van der Waals surface area contributed by atoms with E-state index in [1.165, 1.54) is 18.6 Å². The zero-order valence-electron chi connectivity index (χ0n) is 16.6. The summed E-state index contributed by atoms with van der Waals surface area (Å²) in [5.74, 6) is -1.03. The lowest BCUT2D eigenvalue weighted by atomic mass is 10.1. The number of carboxylic acid groups (broad SMARTS) is 1. The zero-order chi connectivity index (χ0) is 21.7. The van der Waals surface area contributed by atoms with Crippen molar-refractivity contribution in [3.05, 3.63) is 63.6 Å². The number of nitrogens with zero attached hydrogens (tertiary/aromatic N) is 1. The van der Waals surface area contributed by atoms with Crippen LogP contribution < -0.4 is 10.1 Å². The number of benzene rings is 2. The van der Waals surface area contributed by atoms with Gasteiger partial charge in [-0.25, -0.2) is 4.79 Å². The molecule has 160 valence electrons. The Morgan fingerprint density at radius 3 is 2.43 bits per heavy atom. The molecule has 1 heterocycles. The van der Waals surface area contributed by atoms with Crippen molar-refractivity contribution in [3.63, 3.8) is 0 Å². The highest BCUT2D eigenvalue weighted by Gasteiger charge is 2.24. The van der Waals surface area contributed by atoms with E-state index in [4.69, 9.17) is 27.9 Å². The third-order valence-corrected chi connectivity index (χ3v) is 5.90. The number of ether oxygens (including phenoxy) is 1. The molecule has 6 nitrogen and oxygen atoms in total. The number of nitrogens with one attached hydrogen (secondary N) is 1. The largest absolute Gasteiger partial charge is 0.492 e. The highest BCUT2D eigenvalue weighted by atomic mass is 35.5. The predicted octanol–water partition coefficient (Wildman–Crippen LogP) is 3.89. The highest BCUT2D eigenvalue weighted by molar-refractivity contribution is 6.39. The van der Waals surface area contributed by atoms with Gasteiger partial charge in [-0.3, -0.25) is 4.79 Å². The monoisotopic (exact) mass is 450 g/mol. The van der Waals surface area contributed by atoms with Crippen molar-refractivity contribution in [2.24, 2.45) is 0 Å². The molecule has 0 saturated carbocycles. The Bertz CT molecular complexity index is 884. The molecule has 0 bridgehead atoms. The van der Waals surface area contributed by atoms with Crippen molar-refractivity contribution in [2.75, 3.05) is 20.2 Å². The molecule has 1 amide bonds. The highest BCUT2D eigenvalue weighted by Crippen LogP contribution is 2.24. The molecule has 1 aliphatic heterocycles. The number of hydrogen-bond acceptors (Lipinski definition) is 4. The maximum Gasteiger partial charge on any atom is 0.326 e. The van der Waals surface area contributed by atoms with Crippen LogP contribution in [0.1, 0.15) is 28.8 Å². The van der Waals surface area contributed by atoms with Crippen LogP contribution in [0.5, 0.6) is 5.75 Å². The van der Waals surface area contributed by atoms with Crippen molar-refractivity contribution in [2.45, 2.75) is 31.3 Å². The average molecular weight is 451 g/mol. The number of aliphatic carboxylic acids is 1. The zero-order valence-corrected chi connectivity index (χ0v) is 18.1. The summed E-state index contributed by atoms with van der Waals surface area (Å²) in [6.45, 7) is 1.72. The summed E-state index contributed by atoms with van der Waals surface area (Å²) in [6.07, 6.45) is 2.43. The van der Waals surface area contributed by atoms with Crippen LogP contribution in [-0.2, 0) is 11.2 Å². The van der Waals surface area contributed by atoms with Crippen LogP contribution in [0.3, 0.4) is 0 Å². The molecule has 30 heavy (non-hydrogen) atoms. The first-order valence-corrected chi connectivity index (χ1v) is 10.5. The summed E-state index contributed by atoms with van der Waals surface area (Å²) in [4.78, 5) is 26.5. The number of carbonyl (C=O) groups is 2. The van der Waals surface area contributed by atoms with Crippen LogP contribution in [0.15, 0.2) is 42.5 Å². The van der Waals surface area contributed by atoms with Gasteiger partial charge < -0.3 is 20.1 Å².